The Morgan fingerprint density at radius 2 is 2.64 bits per heavy atom. The lowest BCUT2D eigenvalue weighted by atomic mass is 10.2. The molecule has 0 saturated carbocycles. The fourth-order valence-electron chi connectivity index (χ4n) is 0.943. The SMILES string of the molecule is CCOC(=O)/C=C1/CCSC1. The molecule has 0 N–H and O–H groups in total. The number of thioether (sulfide) groups is 1. The number of carbonyl (C=O) groups is 1. The lowest BCUT2D eigenvalue weighted by Gasteiger charge is -1.96. The molecule has 0 aliphatic carbocycles. The average Bonchev–Trinajstić information content (AvgIpc) is 2.40. The first-order valence-electron chi connectivity index (χ1n) is 3.77. The van der Waals surface area contributed by atoms with E-state index in [1.165, 1.54) is 5.57 Å². The van der Waals surface area contributed by atoms with Gasteiger partial charge in [-0.05, 0) is 19.1 Å². The molecular weight excluding hydrogens is 160 g/mol. The first kappa shape index (κ1) is 8.65. The largest absolute Gasteiger partial charge is 0.463 e. The second-order valence-corrected chi connectivity index (χ2v) is 3.46. The maximum atomic E-state index is 10.9. The molecule has 0 radical (unpaired) electrons. The van der Waals surface area contributed by atoms with E-state index in [-0.39, 0.29) is 5.97 Å². The number of rotatable bonds is 2. The van der Waals surface area contributed by atoms with Gasteiger partial charge in [-0.3, -0.25) is 0 Å². The van der Waals surface area contributed by atoms with Gasteiger partial charge in [-0.25, -0.2) is 4.79 Å². The van der Waals surface area contributed by atoms with Crippen LogP contribution in [0.3, 0.4) is 0 Å². The van der Waals surface area contributed by atoms with Crippen LogP contribution in [0.5, 0.6) is 0 Å². The highest BCUT2D eigenvalue weighted by Crippen LogP contribution is 2.22. The number of carbonyl (C=O) groups excluding carboxylic acids is 1. The Morgan fingerprint density at radius 1 is 1.82 bits per heavy atom. The predicted octanol–water partition coefficient (Wildman–Crippen LogP) is 1.61. The zero-order valence-corrected chi connectivity index (χ0v) is 7.45. The molecule has 0 aromatic rings. The summed E-state index contributed by atoms with van der Waals surface area (Å²) in [5.74, 6) is 1.95. The highest BCUT2D eigenvalue weighted by atomic mass is 32.2. The van der Waals surface area contributed by atoms with Crippen LogP contribution in [0.1, 0.15) is 13.3 Å². The molecule has 0 unspecified atom stereocenters. The summed E-state index contributed by atoms with van der Waals surface area (Å²) in [7, 11) is 0. The molecule has 1 aliphatic rings. The third-order valence-electron chi connectivity index (χ3n) is 1.46. The molecule has 2 nitrogen and oxygen atoms in total. The van der Waals surface area contributed by atoms with E-state index in [2.05, 4.69) is 0 Å². The minimum absolute atomic E-state index is 0.190. The molecule has 1 aliphatic heterocycles. The molecule has 1 heterocycles. The third kappa shape index (κ3) is 2.97. The zero-order valence-electron chi connectivity index (χ0n) is 6.63. The number of hydrogen-bond acceptors (Lipinski definition) is 3. The maximum Gasteiger partial charge on any atom is 0.330 e. The van der Waals surface area contributed by atoms with E-state index in [1.54, 1.807) is 6.08 Å². The lowest BCUT2D eigenvalue weighted by molar-refractivity contribution is -0.137. The van der Waals surface area contributed by atoms with Crippen LogP contribution in [-0.2, 0) is 9.53 Å². The normalized spacial score (nSPS) is 20.6. The van der Waals surface area contributed by atoms with E-state index in [1.807, 2.05) is 18.7 Å². The topological polar surface area (TPSA) is 26.3 Å². The first-order valence-corrected chi connectivity index (χ1v) is 4.92. The quantitative estimate of drug-likeness (QED) is 0.467. The van der Waals surface area contributed by atoms with Gasteiger partial charge in [-0.2, -0.15) is 11.8 Å². The molecule has 62 valence electrons. The first-order chi connectivity index (χ1) is 5.33. The van der Waals surface area contributed by atoms with Gasteiger partial charge in [0, 0.05) is 11.8 Å². The molecule has 1 fully saturated rings. The molecule has 0 spiro atoms. The number of ether oxygens (including phenoxy) is 1. The summed E-state index contributed by atoms with van der Waals surface area (Å²) in [4.78, 5) is 10.9. The Labute approximate surface area is 71.0 Å². The van der Waals surface area contributed by atoms with E-state index in [0.717, 1.165) is 17.9 Å². The van der Waals surface area contributed by atoms with Crippen LogP contribution >= 0.6 is 11.8 Å². The molecule has 1 saturated heterocycles. The lowest BCUT2D eigenvalue weighted by Crippen LogP contribution is -2.00. The maximum absolute atomic E-state index is 10.9. The summed E-state index contributed by atoms with van der Waals surface area (Å²) in [5, 5.41) is 0. The van der Waals surface area contributed by atoms with Gasteiger partial charge < -0.3 is 4.74 Å². The van der Waals surface area contributed by atoms with Crippen LogP contribution < -0.4 is 0 Å². The van der Waals surface area contributed by atoms with Crippen molar-refractivity contribution in [2.75, 3.05) is 18.1 Å². The Hall–Kier alpha value is -0.440. The highest BCUT2D eigenvalue weighted by Gasteiger charge is 2.08. The Kier molecular flexibility index (Phi) is 3.49. The van der Waals surface area contributed by atoms with Gasteiger partial charge >= 0.3 is 5.97 Å². The Bertz CT molecular complexity index is 167. The van der Waals surface area contributed by atoms with Crippen molar-refractivity contribution in [3.05, 3.63) is 11.6 Å². The van der Waals surface area contributed by atoms with Crippen LogP contribution in [0.4, 0.5) is 0 Å². The number of hydrogen-bond donors (Lipinski definition) is 0. The van der Waals surface area contributed by atoms with Crippen molar-refractivity contribution in [1.29, 1.82) is 0 Å². The highest BCUT2D eigenvalue weighted by molar-refractivity contribution is 7.99. The minimum atomic E-state index is -0.190. The molecule has 0 bridgehead atoms. The summed E-state index contributed by atoms with van der Waals surface area (Å²) in [6, 6.07) is 0. The molecule has 3 heteroatoms. The molecule has 0 aromatic carbocycles. The van der Waals surface area contributed by atoms with Crippen molar-refractivity contribution in [3.63, 3.8) is 0 Å². The molecular formula is C8H12O2S. The van der Waals surface area contributed by atoms with Crippen molar-refractivity contribution in [2.24, 2.45) is 0 Å². The standard InChI is InChI=1S/C8H12O2S/c1-2-10-8(9)5-7-3-4-11-6-7/h5H,2-4,6H2,1H3/b7-5-. The van der Waals surface area contributed by atoms with Crippen LogP contribution in [0, 0.1) is 0 Å². The predicted molar refractivity (Wildman–Crippen MR) is 46.7 cm³/mol. The summed E-state index contributed by atoms with van der Waals surface area (Å²) in [5.41, 5.74) is 1.22. The van der Waals surface area contributed by atoms with Gasteiger partial charge in [0.05, 0.1) is 6.61 Å². The van der Waals surface area contributed by atoms with Gasteiger partial charge in [0.1, 0.15) is 0 Å². The van der Waals surface area contributed by atoms with Crippen molar-refractivity contribution >= 4 is 17.7 Å². The van der Waals surface area contributed by atoms with Crippen molar-refractivity contribution in [2.45, 2.75) is 13.3 Å². The van der Waals surface area contributed by atoms with E-state index in [4.69, 9.17) is 4.74 Å². The summed E-state index contributed by atoms with van der Waals surface area (Å²) >= 11 is 1.87. The van der Waals surface area contributed by atoms with Gasteiger partial charge in [-0.15, -0.1) is 0 Å². The monoisotopic (exact) mass is 172 g/mol. The van der Waals surface area contributed by atoms with Gasteiger partial charge in [0.15, 0.2) is 0 Å². The third-order valence-corrected chi connectivity index (χ3v) is 2.53. The summed E-state index contributed by atoms with van der Waals surface area (Å²) in [6.07, 6.45) is 2.67. The minimum Gasteiger partial charge on any atom is -0.463 e. The van der Waals surface area contributed by atoms with E-state index < -0.39 is 0 Å². The summed E-state index contributed by atoms with van der Waals surface area (Å²) < 4.78 is 4.78. The van der Waals surface area contributed by atoms with Crippen molar-refractivity contribution < 1.29 is 9.53 Å². The second kappa shape index (κ2) is 4.44. The van der Waals surface area contributed by atoms with Crippen LogP contribution in [0.15, 0.2) is 11.6 Å². The second-order valence-electron chi connectivity index (χ2n) is 2.36. The zero-order chi connectivity index (χ0) is 8.10. The van der Waals surface area contributed by atoms with Crippen LogP contribution in [-0.4, -0.2) is 24.1 Å². The van der Waals surface area contributed by atoms with Crippen LogP contribution in [0.2, 0.25) is 0 Å². The molecule has 0 atom stereocenters. The van der Waals surface area contributed by atoms with Crippen LogP contribution in [0.25, 0.3) is 0 Å². The smallest absolute Gasteiger partial charge is 0.330 e. The molecule has 0 amide bonds. The molecule has 1 rings (SSSR count). The molecule has 11 heavy (non-hydrogen) atoms. The van der Waals surface area contributed by atoms with E-state index in [0.29, 0.717) is 6.61 Å². The van der Waals surface area contributed by atoms with Crippen molar-refractivity contribution in [1.82, 2.24) is 0 Å². The van der Waals surface area contributed by atoms with E-state index >= 15 is 0 Å². The Morgan fingerprint density at radius 3 is 3.18 bits per heavy atom. The van der Waals surface area contributed by atoms with Crippen molar-refractivity contribution in [3.8, 4) is 0 Å². The van der Waals surface area contributed by atoms with Gasteiger partial charge in [0.25, 0.3) is 0 Å². The van der Waals surface area contributed by atoms with E-state index in [9.17, 15) is 4.79 Å². The van der Waals surface area contributed by atoms with Gasteiger partial charge in [-0.1, -0.05) is 5.57 Å². The fraction of sp³-hybridized carbons (Fsp3) is 0.625. The van der Waals surface area contributed by atoms with Gasteiger partial charge in [0.2, 0.25) is 0 Å². The Balaban J connectivity index is 2.36. The molecule has 0 aromatic heterocycles. The fourth-order valence-corrected chi connectivity index (χ4v) is 1.98. The average molecular weight is 172 g/mol. The number of esters is 1. The summed E-state index contributed by atoms with van der Waals surface area (Å²) in [6.45, 7) is 2.29.